The molecule has 1 N–H and O–H groups in total. The van der Waals surface area contributed by atoms with E-state index in [9.17, 15) is 5.11 Å². The van der Waals surface area contributed by atoms with Crippen LogP contribution in [0.1, 0.15) is 34.1 Å². The lowest BCUT2D eigenvalue weighted by molar-refractivity contribution is 0.218. The second kappa shape index (κ2) is 4.34. The number of aryl methyl sites for hydroxylation is 3. The lowest BCUT2D eigenvalue weighted by Gasteiger charge is -2.14. The SMILES string of the molecule is Cc1ccc(C(O)c2cnn(C)c2C)c(C)c1. The fourth-order valence-electron chi connectivity index (χ4n) is 2.08. The summed E-state index contributed by atoms with van der Waals surface area (Å²) in [5.74, 6) is 0. The van der Waals surface area contributed by atoms with Gasteiger partial charge in [0.05, 0.1) is 6.20 Å². The van der Waals surface area contributed by atoms with Gasteiger partial charge in [0, 0.05) is 18.3 Å². The van der Waals surface area contributed by atoms with E-state index < -0.39 is 6.10 Å². The Morgan fingerprint density at radius 1 is 1.18 bits per heavy atom. The number of aliphatic hydroxyl groups is 1. The molecular formula is C14H18N2O. The molecule has 1 atom stereocenters. The molecule has 0 aliphatic carbocycles. The standard InChI is InChI=1S/C14H18N2O/c1-9-5-6-12(10(2)7-9)14(17)13-8-15-16(4)11(13)3/h5-8,14,17H,1-4H3. The van der Waals surface area contributed by atoms with E-state index >= 15 is 0 Å². The number of nitrogens with zero attached hydrogens (tertiary/aromatic N) is 2. The second-order valence-electron chi connectivity index (χ2n) is 4.57. The second-order valence-corrected chi connectivity index (χ2v) is 4.57. The molecule has 1 aromatic heterocycles. The summed E-state index contributed by atoms with van der Waals surface area (Å²) < 4.78 is 1.78. The fourth-order valence-corrected chi connectivity index (χ4v) is 2.08. The molecule has 0 saturated carbocycles. The first-order chi connectivity index (χ1) is 8.00. The molecule has 0 aliphatic heterocycles. The zero-order chi connectivity index (χ0) is 12.6. The van der Waals surface area contributed by atoms with Gasteiger partial charge in [-0.2, -0.15) is 5.10 Å². The largest absolute Gasteiger partial charge is 0.384 e. The lowest BCUT2D eigenvalue weighted by atomic mass is 9.96. The first-order valence-electron chi connectivity index (χ1n) is 5.74. The van der Waals surface area contributed by atoms with Crippen molar-refractivity contribution < 1.29 is 5.11 Å². The zero-order valence-corrected chi connectivity index (χ0v) is 10.7. The maximum Gasteiger partial charge on any atom is 0.108 e. The van der Waals surface area contributed by atoms with Crippen molar-refractivity contribution in [2.24, 2.45) is 7.05 Å². The Morgan fingerprint density at radius 2 is 1.88 bits per heavy atom. The highest BCUT2D eigenvalue weighted by Crippen LogP contribution is 2.27. The Kier molecular flexibility index (Phi) is 3.03. The van der Waals surface area contributed by atoms with Crippen molar-refractivity contribution in [1.82, 2.24) is 9.78 Å². The summed E-state index contributed by atoms with van der Waals surface area (Å²) in [6, 6.07) is 6.10. The van der Waals surface area contributed by atoms with Crippen molar-refractivity contribution in [3.05, 3.63) is 52.3 Å². The van der Waals surface area contributed by atoms with Crippen LogP contribution in [0.15, 0.2) is 24.4 Å². The van der Waals surface area contributed by atoms with Gasteiger partial charge in [-0.3, -0.25) is 4.68 Å². The Bertz CT molecular complexity index is 543. The average Bonchev–Trinajstić information content (AvgIpc) is 2.59. The summed E-state index contributed by atoms with van der Waals surface area (Å²) in [7, 11) is 1.88. The molecule has 1 aromatic carbocycles. The van der Waals surface area contributed by atoms with Crippen LogP contribution in [-0.2, 0) is 7.05 Å². The summed E-state index contributed by atoms with van der Waals surface area (Å²) in [6.45, 7) is 6.05. The summed E-state index contributed by atoms with van der Waals surface area (Å²) >= 11 is 0. The quantitative estimate of drug-likeness (QED) is 0.860. The molecule has 1 unspecified atom stereocenters. The molecule has 0 fully saturated rings. The first-order valence-corrected chi connectivity index (χ1v) is 5.74. The van der Waals surface area contributed by atoms with Crippen molar-refractivity contribution in [1.29, 1.82) is 0 Å². The Labute approximate surface area is 102 Å². The molecule has 1 heterocycles. The predicted molar refractivity (Wildman–Crippen MR) is 67.9 cm³/mol. The van der Waals surface area contributed by atoms with E-state index in [1.165, 1.54) is 5.56 Å². The molecule has 3 nitrogen and oxygen atoms in total. The number of aliphatic hydroxyl groups excluding tert-OH is 1. The van der Waals surface area contributed by atoms with Gasteiger partial charge >= 0.3 is 0 Å². The highest BCUT2D eigenvalue weighted by molar-refractivity contribution is 5.38. The fraction of sp³-hybridized carbons (Fsp3) is 0.357. The Morgan fingerprint density at radius 3 is 2.41 bits per heavy atom. The van der Waals surface area contributed by atoms with E-state index in [1.807, 2.05) is 33.0 Å². The predicted octanol–water partition coefficient (Wildman–Crippen LogP) is 2.43. The van der Waals surface area contributed by atoms with Gasteiger partial charge in [0.2, 0.25) is 0 Å². The van der Waals surface area contributed by atoms with Crippen molar-refractivity contribution in [2.45, 2.75) is 26.9 Å². The van der Waals surface area contributed by atoms with Crippen LogP contribution in [0.2, 0.25) is 0 Å². The molecule has 0 radical (unpaired) electrons. The highest BCUT2D eigenvalue weighted by Gasteiger charge is 2.17. The topological polar surface area (TPSA) is 38.1 Å². The molecule has 0 amide bonds. The van der Waals surface area contributed by atoms with Gasteiger partial charge in [0.15, 0.2) is 0 Å². The Hall–Kier alpha value is -1.61. The average molecular weight is 230 g/mol. The van der Waals surface area contributed by atoms with Crippen molar-refractivity contribution in [3.63, 3.8) is 0 Å². The smallest absolute Gasteiger partial charge is 0.108 e. The van der Waals surface area contributed by atoms with Crippen LogP contribution >= 0.6 is 0 Å². The minimum absolute atomic E-state index is 0.593. The maximum atomic E-state index is 10.4. The molecule has 17 heavy (non-hydrogen) atoms. The molecule has 0 spiro atoms. The monoisotopic (exact) mass is 230 g/mol. The molecule has 0 aliphatic rings. The van der Waals surface area contributed by atoms with Gasteiger partial charge in [0.1, 0.15) is 6.10 Å². The number of hydrogen-bond donors (Lipinski definition) is 1. The summed E-state index contributed by atoms with van der Waals surface area (Å²) in [4.78, 5) is 0. The molecule has 90 valence electrons. The number of rotatable bonds is 2. The first kappa shape index (κ1) is 11.9. The van der Waals surface area contributed by atoms with Gasteiger partial charge in [-0.1, -0.05) is 23.8 Å². The van der Waals surface area contributed by atoms with E-state index in [0.717, 1.165) is 22.4 Å². The van der Waals surface area contributed by atoms with E-state index in [2.05, 4.69) is 18.1 Å². The van der Waals surface area contributed by atoms with Gasteiger partial charge in [0.25, 0.3) is 0 Å². The van der Waals surface area contributed by atoms with Crippen LogP contribution in [0.5, 0.6) is 0 Å². The molecule has 2 aromatic rings. The molecule has 0 bridgehead atoms. The van der Waals surface area contributed by atoms with Crippen LogP contribution in [0.4, 0.5) is 0 Å². The third kappa shape index (κ3) is 2.11. The highest BCUT2D eigenvalue weighted by atomic mass is 16.3. The van der Waals surface area contributed by atoms with Crippen molar-refractivity contribution >= 4 is 0 Å². The molecule has 0 saturated heterocycles. The summed E-state index contributed by atoms with van der Waals surface area (Å²) in [6.07, 6.45) is 1.14. The van der Waals surface area contributed by atoms with Crippen LogP contribution in [0.25, 0.3) is 0 Å². The molecule has 2 rings (SSSR count). The van der Waals surface area contributed by atoms with E-state index in [4.69, 9.17) is 0 Å². The number of benzene rings is 1. The normalized spacial score (nSPS) is 12.8. The van der Waals surface area contributed by atoms with Gasteiger partial charge in [-0.15, -0.1) is 0 Å². The number of aromatic nitrogens is 2. The van der Waals surface area contributed by atoms with E-state index in [1.54, 1.807) is 10.9 Å². The van der Waals surface area contributed by atoms with Crippen LogP contribution in [0, 0.1) is 20.8 Å². The minimum atomic E-state index is -0.593. The van der Waals surface area contributed by atoms with Gasteiger partial charge in [-0.25, -0.2) is 0 Å². The molecule has 3 heteroatoms. The van der Waals surface area contributed by atoms with E-state index in [0.29, 0.717) is 0 Å². The number of hydrogen-bond acceptors (Lipinski definition) is 2. The van der Waals surface area contributed by atoms with Crippen LogP contribution in [-0.4, -0.2) is 14.9 Å². The van der Waals surface area contributed by atoms with Gasteiger partial charge in [-0.05, 0) is 31.9 Å². The van der Waals surface area contributed by atoms with Crippen LogP contribution in [0.3, 0.4) is 0 Å². The van der Waals surface area contributed by atoms with E-state index in [-0.39, 0.29) is 0 Å². The third-order valence-electron chi connectivity index (χ3n) is 3.29. The zero-order valence-electron chi connectivity index (χ0n) is 10.7. The van der Waals surface area contributed by atoms with Crippen molar-refractivity contribution in [3.8, 4) is 0 Å². The van der Waals surface area contributed by atoms with Crippen molar-refractivity contribution in [2.75, 3.05) is 0 Å². The lowest BCUT2D eigenvalue weighted by Crippen LogP contribution is -2.04. The maximum absolute atomic E-state index is 10.4. The summed E-state index contributed by atoms with van der Waals surface area (Å²) in [5, 5.41) is 14.6. The third-order valence-corrected chi connectivity index (χ3v) is 3.29. The minimum Gasteiger partial charge on any atom is -0.384 e. The van der Waals surface area contributed by atoms with Crippen LogP contribution < -0.4 is 0 Å². The summed E-state index contributed by atoms with van der Waals surface area (Å²) in [5.41, 5.74) is 5.14. The molecular weight excluding hydrogens is 212 g/mol. The Balaban J connectivity index is 2.43. The van der Waals surface area contributed by atoms with Gasteiger partial charge < -0.3 is 5.11 Å².